The quantitative estimate of drug-likeness (QED) is 0.603. The molecule has 0 spiro atoms. The van der Waals surface area contributed by atoms with Crippen LogP contribution in [0.2, 0.25) is 0 Å². The second-order valence-corrected chi connectivity index (χ2v) is 5.99. The topological polar surface area (TPSA) is 59.1 Å². The van der Waals surface area contributed by atoms with Gasteiger partial charge in [0.05, 0.1) is 12.7 Å². The van der Waals surface area contributed by atoms with Crippen molar-refractivity contribution in [1.82, 2.24) is 9.97 Å². The Labute approximate surface area is 160 Å². The van der Waals surface area contributed by atoms with Gasteiger partial charge in [0.15, 0.2) is 0 Å². The van der Waals surface area contributed by atoms with Crippen molar-refractivity contribution in [2.24, 2.45) is 0 Å². The molecule has 1 heterocycles. The first kappa shape index (κ1) is 19.5. The third kappa shape index (κ3) is 5.35. The Bertz CT molecular complexity index is 914. The highest BCUT2D eigenvalue weighted by molar-refractivity contribution is 5.55. The zero-order chi connectivity index (χ0) is 20.0. The molecule has 1 aromatic heterocycles. The summed E-state index contributed by atoms with van der Waals surface area (Å²) in [6.45, 7) is 0.657. The predicted octanol–water partition coefficient (Wildman–Crippen LogP) is 4.90. The summed E-state index contributed by atoms with van der Waals surface area (Å²) in [5.41, 5.74) is 0.900. The molecule has 0 atom stereocenters. The Kier molecular flexibility index (Phi) is 5.98. The predicted molar refractivity (Wildman–Crippen MR) is 102 cm³/mol. The van der Waals surface area contributed by atoms with Crippen LogP contribution < -0.4 is 15.4 Å². The number of benzene rings is 2. The standard InChI is InChI=1S/C20H19F3N4O/c1-28-17-4-2-3-14(13-17)9-11-24-18-10-12-25-19(27-18)26-16-7-5-15(6-8-16)20(21,22)23/h2-8,10,12-13H,9,11H2,1H3,(H2,24,25,26,27). The fourth-order valence-electron chi connectivity index (χ4n) is 2.55. The van der Waals surface area contributed by atoms with Crippen LogP contribution in [0.1, 0.15) is 11.1 Å². The molecule has 28 heavy (non-hydrogen) atoms. The molecule has 0 unspecified atom stereocenters. The first-order valence-electron chi connectivity index (χ1n) is 8.58. The van der Waals surface area contributed by atoms with Crippen LogP contribution in [-0.2, 0) is 12.6 Å². The Morgan fingerprint density at radius 2 is 1.82 bits per heavy atom. The fraction of sp³-hybridized carbons (Fsp3) is 0.200. The van der Waals surface area contributed by atoms with E-state index in [1.807, 2.05) is 24.3 Å². The molecule has 8 heteroatoms. The van der Waals surface area contributed by atoms with Crippen LogP contribution in [0.15, 0.2) is 60.8 Å². The zero-order valence-electron chi connectivity index (χ0n) is 15.1. The summed E-state index contributed by atoms with van der Waals surface area (Å²) in [5.74, 6) is 1.72. The van der Waals surface area contributed by atoms with Crippen molar-refractivity contribution in [1.29, 1.82) is 0 Å². The van der Waals surface area contributed by atoms with Gasteiger partial charge in [-0.15, -0.1) is 0 Å². The minimum atomic E-state index is -4.36. The molecule has 0 radical (unpaired) electrons. The number of nitrogens with zero attached hydrogens (tertiary/aromatic N) is 2. The highest BCUT2D eigenvalue weighted by Gasteiger charge is 2.29. The van der Waals surface area contributed by atoms with Crippen LogP contribution in [0, 0.1) is 0 Å². The molecule has 3 rings (SSSR count). The van der Waals surface area contributed by atoms with Gasteiger partial charge in [0.25, 0.3) is 0 Å². The Hall–Kier alpha value is -3.29. The highest BCUT2D eigenvalue weighted by Crippen LogP contribution is 2.30. The number of rotatable bonds is 7. The number of nitrogens with one attached hydrogen (secondary N) is 2. The molecular formula is C20H19F3N4O. The Morgan fingerprint density at radius 1 is 1.04 bits per heavy atom. The van der Waals surface area contributed by atoms with Crippen molar-refractivity contribution in [2.75, 3.05) is 24.3 Å². The van der Waals surface area contributed by atoms with Gasteiger partial charge in [-0.1, -0.05) is 12.1 Å². The molecule has 0 saturated carbocycles. The number of aromatic nitrogens is 2. The van der Waals surface area contributed by atoms with Gasteiger partial charge in [0.1, 0.15) is 11.6 Å². The second-order valence-electron chi connectivity index (χ2n) is 5.99. The van der Waals surface area contributed by atoms with E-state index in [-0.39, 0.29) is 0 Å². The molecule has 0 aliphatic heterocycles. The molecule has 0 bridgehead atoms. The Morgan fingerprint density at radius 3 is 2.54 bits per heavy atom. The number of hydrogen-bond acceptors (Lipinski definition) is 5. The summed E-state index contributed by atoms with van der Waals surface area (Å²) in [4.78, 5) is 8.42. The van der Waals surface area contributed by atoms with Crippen molar-refractivity contribution in [2.45, 2.75) is 12.6 Å². The number of hydrogen-bond donors (Lipinski definition) is 2. The van der Waals surface area contributed by atoms with Gasteiger partial charge in [-0.3, -0.25) is 0 Å². The largest absolute Gasteiger partial charge is 0.497 e. The van der Waals surface area contributed by atoms with E-state index in [2.05, 4.69) is 20.6 Å². The molecule has 2 aromatic carbocycles. The van der Waals surface area contributed by atoms with Crippen molar-refractivity contribution < 1.29 is 17.9 Å². The highest BCUT2D eigenvalue weighted by atomic mass is 19.4. The van der Waals surface area contributed by atoms with Gasteiger partial charge in [-0.2, -0.15) is 18.2 Å². The number of alkyl halides is 3. The average molecular weight is 388 g/mol. The van der Waals surface area contributed by atoms with Crippen LogP contribution >= 0.6 is 0 Å². The van der Waals surface area contributed by atoms with Crippen molar-refractivity contribution in [3.8, 4) is 5.75 Å². The van der Waals surface area contributed by atoms with E-state index in [1.54, 1.807) is 19.4 Å². The lowest BCUT2D eigenvalue weighted by Crippen LogP contribution is -2.08. The number of anilines is 3. The van der Waals surface area contributed by atoms with Crippen LogP contribution in [0.5, 0.6) is 5.75 Å². The smallest absolute Gasteiger partial charge is 0.416 e. The lowest BCUT2D eigenvalue weighted by atomic mass is 10.1. The van der Waals surface area contributed by atoms with E-state index in [0.717, 1.165) is 29.9 Å². The van der Waals surface area contributed by atoms with E-state index in [1.165, 1.54) is 12.1 Å². The monoisotopic (exact) mass is 388 g/mol. The molecule has 0 saturated heterocycles. The molecule has 146 valence electrons. The zero-order valence-corrected chi connectivity index (χ0v) is 15.1. The summed E-state index contributed by atoms with van der Waals surface area (Å²) in [6.07, 6.45) is -2.00. The van der Waals surface area contributed by atoms with Crippen molar-refractivity contribution >= 4 is 17.5 Å². The van der Waals surface area contributed by atoms with Crippen LogP contribution in [0.4, 0.5) is 30.6 Å². The maximum Gasteiger partial charge on any atom is 0.416 e. The lowest BCUT2D eigenvalue weighted by molar-refractivity contribution is -0.137. The number of halogens is 3. The molecule has 0 amide bonds. The van der Waals surface area contributed by atoms with Crippen LogP contribution in [-0.4, -0.2) is 23.6 Å². The molecule has 0 fully saturated rings. The SMILES string of the molecule is COc1cccc(CCNc2ccnc(Nc3ccc(C(F)(F)F)cc3)n2)c1. The molecule has 0 aliphatic rings. The molecule has 0 aliphatic carbocycles. The van der Waals surface area contributed by atoms with Crippen molar-refractivity contribution in [3.63, 3.8) is 0 Å². The Balaban J connectivity index is 1.57. The molecule has 5 nitrogen and oxygen atoms in total. The fourth-order valence-corrected chi connectivity index (χ4v) is 2.55. The third-order valence-electron chi connectivity index (χ3n) is 3.98. The maximum atomic E-state index is 12.6. The summed E-state index contributed by atoms with van der Waals surface area (Å²) in [7, 11) is 1.63. The summed E-state index contributed by atoms with van der Waals surface area (Å²) < 4.78 is 43.1. The van der Waals surface area contributed by atoms with E-state index < -0.39 is 11.7 Å². The van der Waals surface area contributed by atoms with E-state index in [4.69, 9.17) is 4.74 Å². The van der Waals surface area contributed by atoms with Crippen molar-refractivity contribution in [3.05, 3.63) is 71.9 Å². The molecule has 3 aromatic rings. The van der Waals surface area contributed by atoms with E-state index in [0.29, 0.717) is 24.0 Å². The second kappa shape index (κ2) is 8.60. The first-order chi connectivity index (χ1) is 13.4. The number of methoxy groups -OCH3 is 1. The summed E-state index contributed by atoms with van der Waals surface area (Å²) in [5, 5.41) is 6.11. The van der Waals surface area contributed by atoms with Gasteiger partial charge in [0.2, 0.25) is 5.95 Å². The van der Waals surface area contributed by atoms with Gasteiger partial charge in [-0.25, -0.2) is 4.98 Å². The minimum absolute atomic E-state index is 0.297. The minimum Gasteiger partial charge on any atom is -0.497 e. The maximum absolute atomic E-state index is 12.6. The van der Waals surface area contributed by atoms with Crippen LogP contribution in [0.3, 0.4) is 0 Å². The normalized spacial score (nSPS) is 11.1. The van der Waals surface area contributed by atoms with Gasteiger partial charge in [0, 0.05) is 18.4 Å². The average Bonchev–Trinajstić information content (AvgIpc) is 2.68. The lowest BCUT2D eigenvalue weighted by Gasteiger charge is -2.10. The van der Waals surface area contributed by atoms with E-state index in [9.17, 15) is 13.2 Å². The molecular weight excluding hydrogens is 369 g/mol. The van der Waals surface area contributed by atoms with Gasteiger partial charge in [-0.05, 0) is 54.4 Å². The number of ether oxygens (including phenoxy) is 1. The summed E-state index contributed by atoms with van der Waals surface area (Å²) in [6, 6.07) is 14.2. The van der Waals surface area contributed by atoms with Gasteiger partial charge >= 0.3 is 6.18 Å². The third-order valence-corrected chi connectivity index (χ3v) is 3.98. The first-order valence-corrected chi connectivity index (χ1v) is 8.58. The van der Waals surface area contributed by atoms with Gasteiger partial charge < -0.3 is 15.4 Å². The van der Waals surface area contributed by atoms with Crippen LogP contribution in [0.25, 0.3) is 0 Å². The molecule has 2 N–H and O–H groups in total. The van der Waals surface area contributed by atoms with E-state index >= 15 is 0 Å². The summed E-state index contributed by atoms with van der Waals surface area (Å²) >= 11 is 0.